The van der Waals surface area contributed by atoms with Crippen LogP contribution in [-0.2, 0) is 6.54 Å². The van der Waals surface area contributed by atoms with Crippen molar-refractivity contribution in [3.05, 3.63) is 46.6 Å². The van der Waals surface area contributed by atoms with Gasteiger partial charge in [0.15, 0.2) is 0 Å². The molecular formula is C16H19BrN4O. The summed E-state index contributed by atoms with van der Waals surface area (Å²) in [6.07, 6.45) is 1.74. The van der Waals surface area contributed by atoms with E-state index < -0.39 is 0 Å². The zero-order valence-corrected chi connectivity index (χ0v) is 14.2. The SMILES string of the molecule is COc1ccnc(N2CCN(Cc3ccccc3Br)CC2)n1. The third-order valence-corrected chi connectivity index (χ3v) is 4.61. The average molecular weight is 363 g/mol. The van der Waals surface area contributed by atoms with Crippen molar-refractivity contribution < 1.29 is 4.74 Å². The van der Waals surface area contributed by atoms with Gasteiger partial charge in [0.05, 0.1) is 7.11 Å². The molecular weight excluding hydrogens is 344 g/mol. The molecule has 0 spiro atoms. The highest BCUT2D eigenvalue weighted by molar-refractivity contribution is 9.10. The van der Waals surface area contributed by atoms with Crippen molar-refractivity contribution in [1.29, 1.82) is 0 Å². The molecule has 1 aliphatic rings. The Hall–Kier alpha value is -1.66. The number of piperazine rings is 1. The summed E-state index contributed by atoms with van der Waals surface area (Å²) in [7, 11) is 1.63. The number of benzene rings is 1. The number of aromatic nitrogens is 2. The molecule has 0 amide bonds. The van der Waals surface area contributed by atoms with Gasteiger partial charge in [0, 0.05) is 49.5 Å². The average Bonchev–Trinajstić information content (AvgIpc) is 2.58. The van der Waals surface area contributed by atoms with E-state index in [2.05, 4.69) is 53.9 Å². The van der Waals surface area contributed by atoms with Crippen LogP contribution in [0.1, 0.15) is 5.56 Å². The lowest BCUT2D eigenvalue weighted by molar-refractivity contribution is 0.248. The molecule has 0 aliphatic carbocycles. The summed E-state index contributed by atoms with van der Waals surface area (Å²) in [6, 6.07) is 10.2. The monoisotopic (exact) mass is 362 g/mol. The number of hydrogen-bond donors (Lipinski definition) is 0. The van der Waals surface area contributed by atoms with Crippen LogP contribution in [0.4, 0.5) is 5.95 Å². The predicted octanol–water partition coefficient (Wildman–Crippen LogP) is 2.57. The fraction of sp³-hybridized carbons (Fsp3) is 0.375. The molecule has 1 fully saturated rings. The molecule has 1 aromatic carbocycles. The maximum absolute atomic E-state index is 5.17. The van der Waals surface area contributed by atoms with Gasteiger partial charge in [-0.3, -0.25) is 4.90 Å². The Morgan fingerprint density at radius 3 is 2.64 bits per heavy atom. The third-order valence-electron chi connectivity index (χ3n) is 3.83. The maximum atomic E-state index is 5.17. The number of hydrogen-bond acceptors (Lipinski definition) is 5. The first-order valence-corrected chi connectivity index (χ1v) is 8.13. The number of rotatable bonds is 4. The molecule has 1 saturated heterocycles. The van der Waals surface area contributed by atoms with Crippen LogP contribution in [0.5, 0.6) is 5.88 Å². The van der Waals surface area contributed by atoms with E-state index in [1.807, 2.05) is 6.07 Å². The maximum Gasteiger partial charge on any atom is 0.228 e. The van der Waals surface area contributed by atoms with E-state index in [-0.39, 0.29) is 0 Å². The van der Waals surface area contributed by atoms with E-state index in [4.69, 9.17) is 4.74 Å². The zero-order valence-electron chi connectivity index (χ0n) is 12.6. The second kappa shape index (κ2) is 7.07. The molecule has 5 nitrogen and oxygen atoms in total. The van der Waals surface area contributed by atoms with Gasteiger partial charge in [-0.2, -0.15) is 4.98 Å². The second-order valence-corrected chi connectivity index (χ2v) is 6.11. The Morgan fingerprint density at radius 1 is 1.14 bits per heavy atom. The minimum absolute atomic E-state index is 0.612. The van der Waals surface area contributed by atoms with E-state index in [1.54, 1.807) is 19.4 Å². The van der Waals surface area contributed by atoms with Crippen molar-refractivity contribution in [3.63, 3.8) is 0 Å². The zero-order chi connectivity index (χ0) is 15.4. The Kier molecular flexibility index (Phi) is 4.90. The fourth-order valence-corrected chi connectivity index (χ4v) is 2.98. The van der Waals surface area contributed by atoms with Crippen LogP contribution in [0.25, 0.3) is 0 Å². The van der Waals surface area contributed by atoms with Crippen LogP contribution in [-0.4, -0.2) is 48.2 Å². The molecule has 2 aromatic rings. The minimum atomic E-state index is 0.612. The van der Waals surface area contributed by atoms with Crippen molar-refractivity contribution in [2.45, 2.75) is 6.54 Å². The van der Waals surface area contributed by atoms with Crippen molar-refractivity contribution in [3.8, 4) is 5.88 Å². The van der Waals surface area contributed by atoms with Gasteiger partial charge in [-0.25, -0.2) is 4.98 Å². The Balaban J connectivity index is 1.59. The normalized spacial score (nSPS) is 15.8. The highest BCUT2D eigenvalue weighted by atomic mass is 79.9. The Morgan fingerprint density at radius 2 is 1.91 bits per heavy atom. The molecule has 6 heteroatoms. The first-order chi connectivity index (χ1) is 10.8. The largest absolute Gasteiger partial charge is 0.481 e. The molecule has 0 radical (unpaired) electrons. The lowest BCUT2D eigenvalue weighted by Crippen LogP contribution is -2.46. The molecule has 2 heterocycles. The molecule has 0 unspecified atom stereocenters. The standard InChI is InChI=1S/C16H19BrN4O/c1-22-15-6-7-18-16(19-15)21-10-8-20(9-11-21)12-13-4-2-3-5-14(13)17/h2-7H,8-12H2,1H3. The minimum Gasteiger partial charge on any atom is -0.481 e. The highest BCUT2D eigenvalue weighted by Gasteiger charge is 2.19. The van der Waals surface area contributed by atoms with Gasteiger partial charge in [0.2, 0.25) is 11.8 Å². The molecule has 116 valence electrons. The molecule has 0 atom stereocenters. The molecule has 22 heavy (non-hydrogen) atoms. The Bertz CT molecular complexity index is 629. The van der Waals surface area contributed by atoms with Crippen LogP contribution in [0.2, 0.25) is 0 Å². The molecule has 0 saturated carbocycles. The van der Waals surface area contributed by atoms with Gasteiger partial charge in [-0.1, -0.05) is 34.1 Å². The first-order valence-electron chi connectivity index (χ1n) is 7.34. The van der Waals surface area contributed by atoms with Crippen LogP contribution < -0.4 is 9.64 Å². The van der Waals surface area contributed by atoms with Crippen molar-refractivity contribution in [2.24, 2.45) is 0 Å². The molecule has 0 bridgehead atoms. The number of ether oxygens (including phenoxy) is 1. The predicted molar refractivity (Wildman–Crippen MR) is 90.2 cm³/mol. The molecule has 0 N–H and O–H groups in total. The van der Waals surface area contributed by atoms with E-state index in [0.29, 0.717) is 5.88 Å². The van der Waals surface area contributed by atoms with E-state index in [0.717, 1.165) is 38.7 Å². The summed E-state index contributed by atoms with van der Waals surface area (Å²) < 4.78 is 6.34. The second-order valence-electron chi connectivity index (χ2n) is 5.25. The number of nitrogens with zero attached hydrogens (tertiary/aromatic N) is 4. The highest BCUT2D eigenvalue weighted by Crippen LogP contribution is 2.20. The van der Waals surface area contributed by atoms with Gasteiger partial charge < -0.3 is 9.64 Å². The summed E-state index contributed by atoms with van der Waals surface area (Å²) in [5.41, 5.74) is 1.33. The molecule has 3 rings (SSSR count). The summed E-state index contributed by atoms with van der Waals surface area (Å²) >= 11 is 3.62. The Labute approximate surface area is 139 Å². The topological polar surface area (TPSA) is 41.5 Å². The van der Waals surface area contributed by atoms with E-state index in [1.165, 1.54) is 10.0 Å². The number of methoxy groups -OCH3 is 1. The third kappa shape index (κ3) is 3.56. The fourth-order valence-electron chi connectivity index (χ4n) is 2.57. The quantitative estimate of drug-likeness (QED) is 0.835. The van der Waals surface area contributed by atoms with Crippen LogP contribution in [0, 0.1) is 0 Å². The van der Waals surface area contributed by atoms with Crippen LogP contribution in [0.3, 0.4) is 0 Å². The summed E-state index contributed by atoms with van der Waals surface area (Å²) in [4.78, 5) is 13.4. The molecule has 1 aliphatic heterocycles. The lowest BCUT2D eigenvalue weighted by atomic mass is 10.2. The number of halogens is 1. The van der Waals surface area contributed by atoms with Crippen molar-refractivity contribution in [2.75, 3.05) is 38.2 Å². The summed E-state index contributed by atoms with van der Waals surface area (Å²) in [5.74, 6) is 1.36. The van der Waals surface area contributed by atoms with Crippen LogP contribution >= 0.6 is 15.9 Å². The van der Waals surface area contributed by atoms with Gasteiger partial charge in [-0.15, -0.1) is 0 Å². The molecule has 1 aromatic heterocycles. The number of anilines is 1. The van der Waals surface area contributed by atoms with Crippen LogP contribution in [0.15, 0.2) is 41.0 Å². The van der Waals surface area contributed by atoms with Crippen molar-refractivity contribution >= 4 is 21.9 Å². The van der Waals surface area contributed by atoms with Crippen molar-refractivity contribution in [1.82, 2.24) is 14.9 Å². The summed E-state index contributed by atoms with van der Waals surface area (Å²) in [5, 5.41) is 0. The van der Waals surface area contributed by atoms with E-state index >= 15 is 0 Å². The van der Waals surface area contributed by atoms with Gasteiger partial charge in [0.25, 0.3) is 0 Å². The first kappa shape index (κ1) is 15.2. The smallest absolute Gasteiger partial charge is 0.228 e. The van der Waals surface area contributed by atoms with E-state index in [9.17, 15) is 0 Å². The van der Waals surface area contributed by atoms with Gasteiger partial charge in [-0.05, 0) is 11.6 Å². The summed E-state index contributed by atoms with van der Waals surface area (Å²) in [6.45, 7) is 4.83. The van der Waals surface area contributed by atoms with Gasteiger partial charge in [0.1, 0.15) is 0 Å². The lowest BCUT2D eigenvalue weighted by Gasteiger charge is -2.34. The van der Waals surface area contributed by atoms with Gasteiger partial charge >= 0.3 is 0 Å².